The zero-order valence-corrected chi connectivity index (χ0v) is 40.9. The highest BCUT2D eigenvalue weighted by atomic mass is 35.5. The molecular weight excluding hydrogens is 902 g/mol. The Balaban J connectivity index is 0.000000192. The standard InChI is InChI=1S/C28H34N8O3.C21H24ClN5O3/c1-18(2)19-11-26(34-30-13-19)33-25-7-6-23-24(32-25)10-20(12-29-23)21-14-31-36(15-21)8-9-38-22-16-35(17-22)27(37)39-28(3,4)5;1-21(2,3)30-20(28)26-12-16(13-26)29-7-6-27-11-15(10-24-27)14-8-18-17(23-9-14)4-5-19(22)25-18/h6-7,10-15,18,22H,8-9,16-17H2,1-5H3,(H,32,33,34);4-5,8-11,16H,6-7,12-13H2,1-3H3. The third-order valence-corrected chi connectivity index (χ3v) is 11.1. The van der Waals surface area contributed by atoms with E-state index in [1.165, 1.54) is 0 Å². The van der Waals surface area contributed by atoms with E-state index >= 15 is 0 Å². The van der Waals surface area contributed by atoms with Crippen molar-refractivity contribution in [1.82, 2.24) is 59.5 Å². The molecule has 9 heterocycles. The minimum Gasteiger partial charge on any atom is -0.444 e. The Labute approximate surface area is 405 Å². The van der Waals surface area contributed by atoms with Crippen LogP contribution in [0.5, 0.6) is 0 Å². The van der Waals surface area contributed by atoms with E-state index in [0.717, 1.165) is 49.9 Å². The van der Waals surface area contributed by atoms with E-state index in [9.17, 15) is 9.59 Å². The highest BCUT2D eigenvalue weighted by molar-refractivity contribution is 6.29. The summed E-state index contributed by atoms with van der Waals surface area (Å²) in [6.07, 6.45) is 12.4. The first-order valence-corrected chi connectivity index (χ1v) is 23.3. The highest BCUT2D eigenvalue weighted by Gasteiger charge is 2.35. The molecule has 0 unspecified atom stereocenters. The fraction of sp³-hybridized carbons (Fsp3) is 0.429. The van der Waals surface area contributed by atoms with Crippen LogP contribution in [0.15, 0.2) is 85.8 Å². The Morgan fingerprint density at radius 3 is 1.67 bits per heavy atom. The van der Waals surface area contributed by atoms with Gasteiger partial charge >= 0.3 is 12.2 Å². The molecule has 2 saturated heterocycles. The maximum Gasteiger partial charge on any atom is 0.410 e. The van der Waals surface area contributed by atoms with Crippen LogP contribution >= 0.6 is 11.6 Å². The molecule has 0 saturated carbocycles. The zero-order chi connectivity index (χ0) is 48.9. The number of likely N-dealkylation sites (tertiary alicyclic amines) is 2. The minimum atomic E-state index is -0.494. The molecule has 19 nitrogen and oxygen atoms in total. The maximum atomic E-state index is 12.1. The summed E-state index contributed by atoms with van der Waals surface area (Å²) in [6, 6.07) is 13.3. The molecule has 9 rings (SSSR count). The molecule has 0 aromatic carbocycles. The molecule has 0 atom stereocenters. The average molecular weight is 961 g/mol. The predicted octanol–water partition coefficient (Wildman–Crippen LogP) is 8.57. The summed E-state index contributed by atoms with van der Waals surface area (Å²) in [6.45, 7) is 19.8. The smallest absolute Gasteiger partial charge is 0.410 e. The molecule has 2 aliphatic rings. The van der Waals surface area contributed by atoms with E-state index in [-0.39, 0.29) is 24.4 Å². The lowest BCUT2D eigenvalue weighted by Gasteiger charge is -2.39. The third-order valence-electron chi connectivity index (χ3n) is 10.9. The zero-order valence-electron chi connectivity index (χ0n) is 40.2. The van der Waals surface area contributed by atoms with Crippen molar-refractivity contribution >= 4 is 57.5 Å². The van der Waals surface area contributed by atoms with Crippen LogP contribution in [-0.4, -0.2) is 134 Å². The first-order chi connectivity index (χ1) is 32.9. The summed E-state index contributed by atoms with van der Waals surface area (Å²) in [7, 11) is 0. The number of carbonyl (C=O) groups excluding carboxylic acids is 2. The van der Waals surface area contributed by atoms with E-state index in [1.807, 2.05) is 112 Å². The van der Waals surface area contributed by atoms with Gasteiger partial charge in [-0.3, -0.25) is 19.3 Å². The quantitative estimate of drug-likeness (QED) is 0.108. The fourth-order valence-electron chi connectivity index (χ4n) is 7.20. The lowest BCUT2D eigenvalue weighted by atomic mass is 10.1. The average Bonchev–Trinajstić information content (AvgIpc) is 3.94. The SMILES string of the molecule is CC(C)(C)OC(=O)N1CC(OCCn2cc(-c3cnc4ccc(Cl)nc4c3)cn2)C1.CC(C)c1cnnc(Nc2ccc3ncc(-c4cnn(CCOC5CN(C(=O)OC(C)(C)C)C5)c4)cc3n2)c1. The molecule has 0 spiro atoms. The van der Waals surface area contributed by atoms with Crippen LogP contribution in [-0.2, 0) is 32.0 Å². The Hall–Kier alpha value is -6.83. The van der Waals surface area contributed by atoms with Gasteiger partial charge in [0.15, 0.2) is 5.82 Å². The molecule has 7 aromatic heterocycles. The molecule has 20 heteroatoms. The van der Waals surface area contributed by atoms with Gasteiger partial charge in [0.1, 0.15) is 22.2 Å². The number of fused-ring (bicyclic) bond motifs is 2. The highest BCUT2D eigenvalue weighted by Crippen LogP contribution is 2.26. The molecule has 0 bridgehead atoms. The molecule has 362 valence electrons. The largest absolute Gasteiger partial charge is 0.444 e. The molecule has 0 radical (unpaired) electrons. The molecule has 69 heavy (non-hydrogen) atoms. The number of ether oxygens (including phenoxy) is 4. The van der Waals surface area contributed by atoms with Crippen molar-refractivity contribution in [2.75, 3.05) is 44.7 Å². The second kappa shape index (κ2) is 20.8. The molecule has 1 N–H and O–H groups in total. The summed E-state index contributed by atoms with van der Waals surface area (Å²) in [5.74, 6) is 1.68. The number of halogens is 1. The topological polar surface area (TPSA) is 203 Å². The van der Waals surface area contributed by atoms with E-state index in [0.29, 0.717) is 75.2 Å². The van der Waals surface area contributed by atoms with Crippen molar-refractivity contribution in [3.63, 3.8) is 0 Å². The Morgan fingerprint density at radius 2 is 1.16 bits per heavy atom. The van der Waals surface area contributed by atoms with Gasteiger partial charge in [-0.1, -0.05) is 25.4 Å². The number of nitrogens with one attached hydrogen (secondary N) is 1. The van der Waals surface area contributed by atoms with Gasteiger partial charge in [0, 0.05) is 47.0 Å². The normalized spacial score (nSPS) is 14.3. The van der Waals surface area contributed by atoms with Crippen LogP contribution in [0.1, 0.15) is 66.9 Å². The van der Waals surface area contributed by atoms with Crippen molar-refractivity contribution in [3.05, 3.63) is 96.6 Å². The molecule has 0 aliphatic carbocycles. The summed E-state index contributed by atoms with van der Waals surface area (Å²) >= 11 is 5.98. The fourth-order valence-corrected chi connectivity index (χ4v) is 7.35. The van der Waals surface area contributed by atoms with Crippen molar-refractivity contribution in [2.24, 2.45) is 0 Å². The van der Waals surface area contributed by atoms with Crippen molar-refractivity contribution in [2.45, 2.75) is 97.8 Å². The first kappa shape index (κ1) is 48.6. The van der Waals surface area contributed by atoms with Crippen LogP contribution < -0.4 is 5.32 Å². The number of hydrogen-bond acceptors (Lipinski definition) is 15. The molecular formula is C49H58ClN13O6. The van der Waals surface area contributed by atoms with Crippen LogP contribution in [0.3, 0.4) is 0 Å². The third kappa shape index (κ3) is 13.2. The number of amides is 2. The van der Waals surface area contributed by atoms with Crippen molar-refractivity contribution in [3.8, 4) is 22.3 Å². The maximum absolute atomic E-state index is 12.1. The van der Waals surface area contributed by atoms with Crippen LogP contribution in [0.2, 0.25) is 5.15 Å². The minimum absolute atomic E-state index is 0.0185. The van der Waals surface area contributed by atoms with Gasteiger partial charge in [0.25, 0.3) is 0 Å². The Morgan fingerprint density at radius 1 is 0.652 bits per heavy atom. The van der Waals surface area contributed by atoms with E-state index in [4.69, 9.17) is 35.5 Å². The summed E-state index contributed by atoms with van der Waals surface area (Å²) < 4.78 is 26.1. The van der Waals surface area contributed by atoms with E-state index in [1.54, 1.807) is 34.5 Å². The van der Waals surface area contributed by atoms with Gasteiger partial charge < -0.3 is 34.1 Å². The number of nitrogens with zero attached hydrogens (tertiary/aromatic N) is 12. The van der Waals surface area contributed by atoms with Crippen LogP contribution in [0.25, 0.3) is 44.3 Å². The van der Waals surface area contributed by atoms with Gasteiger partial charge in [-0.25, -0.2) is 19.6 Å². The summed E-state index contributed by atoms with van der Waals surface area (Å²) in [5.41, 5.74) is 6.98. The van der Waals surface area contributed by atoms with Gasteiger partial charge in [0.05, 0.1) is 105 Å². The van der Waals surface area contributed by atoms with E-state index < -0.39 is 11.2 Å². The van der Waals surface area contributed by atoms with Crippen molar-refractivity contribution in [1.29, 1.82) is 0 Å². The molecule has 2 fully saturated rings. The number of rotatable bonds is 13. The first-order valence-electron chi connectivity index (χ1n) is 22.9. The van der Waals surface area contributed by atoms with E-state index in [2.05, 4.69) is 54.5 Å². The summed E-state index contributed by atoms with van der Waals surface area (Å²) in [4.78, 5) is 45.3. The second-order valence-corrected chi connectivity index (χ2v) is 19.6. The van der Waals surface area contributed by atoms with Gasteiger partial charge in [-0.15, -0.1) is 5.10 Å². The second-order valence-electron chi connectivity index (χ2n) is 19.2. The van der Waals surface area contributed by atoms with Crippen LogP contribution in [0.4, 0.5) is 21.2 Å². The molecule has 7 aromatic rings. The van der Waals surface area contributed by atoms with Crippen LogP contribution in [0, 0.1) is 0 Å². The predicted molar refractivity (Wildman–Crippen MR) is 261 cm³/mol. The number of pyridine rings is 4. The van der Waals surface area contributed by atoms with Gasteiger partial charge in [-0.2, -0.15) is 15.3 Å². The molecule has 2 amide bonds. The van der Waals surface area contributed by atoms with Gasteiger partial charge in [-0.05, 0) is 95.5 Å². The van der Waals surface area contributed by atoms with Gasteiger partial charge in [0.2, 0.25) is 0 Å². The molecule has 2 aliphatic heterocycles. The monoisotopic (exact) mass is 959 g/mol. The summed E-state index contributed by atoms with van der Waals surface area (Å²) in [5, 5.41) is 20.8. The lowest BCUT2D eigenvalue weighted by Crippen LogP contribution is -2.56. The lowest BCUT2D eigenvalue weighted by molar-refractivity contribution is -0.0651. The van der Waals surface area contributed by atoms with Crippen molar-refractivity contribution < 1.29 is 28.5 Å². The number of anilines is 2. The number of hydrogen-bond donors (Lipinski definition) is 1. The Bertz CT molecular complexity index is 2900. The number of carbonyl (C=O) groups is 2. The Kier molecular flexibility index (Phi) is 14.7. The number of aromatic nitrogens is 10.